The molecule has 28 rings (SSSR count). The van der Waals surface area contributed by atoms with Crippen molar-refractivity contribution >= 4 is 79.0 Å². The standard InChI is InChI=1S/C70H50N2.C68H48N2/c1-69(2)61-23-11-9-21-57(61)59-43-41-55(45-65(59)69)71(54-39-37-52(38-40-54)51-35-33-50(34-36-51)49-31-29-48(30-32-49)47-17-5-3-6-18-47)56-42-44-60-58-22-10-12-24-62(58)70(66(60)46-56)63-25-13-15-27-67(63)72(53-19-7-4-8-20-53)68-28-16-14-26-64(68)70;1-67(2)59-22-10-8-20-55(59)57-40-38-53(43-63(57)67)69(52-36-34-47(35-37-52)46-28-30-48(31-29-46)50-33-32-45-16-6-7-17-49(45)42-50)54-39-41-58-56-21-9-11-23-60(56)68(64(58)44-54)61-24-12-14-26-65(61)70(51-18-4-3-5-19-51)66-27-15-13-25-62(66)68/h3-46H,1-2H3;3-44H,1-2H3. The lowest BCUT2D eigenvalue weighted by molar-refractivity contribution is 0.660. The van der Waals surface area contributed by atoms with Gasteiger partial charge in [-0.2, -0.15) is 0 Å². The van der Waals surface area contributed by atoms with Crippen LogP contribution in [0.4, 0.5) is 68.2 Å². The van der Waals surface area contributed by atoms with Crippen molar-refractivity contribution < 1.29 is 0 Å². The Kier molecular flexibility index (Phi) is 19.5. The van der Waals surface area contributed by atoms with Crippen LogP contribution < -0.4 is 19.6 Å². The highest BCUT2D eigenvalue weighted by Gasteiger charge is 2.54. The molecule has 22 aromatic rings. The summed E-state index contributed by atoms with van der Waals surface area (Å²) in [5, 5.41) is 2.52. The molecule has 6 aliphatic rings. The van der Waals surface area contributed by atoms with Gasteiger partial charge in [0.2, 0.25) is 0 Å². The fourth-order valence-electron chi connectivity index (χ4n) is 24.9. The third-order valence-corrected chi connectivity index (χ3v) is 31.5. The summed E-state index contributed by atoms with van der Waals surface area (Å²) in [7, 11) is 0. The molecule has 22 aromatic carbocycles. The Morgan fingerprint density at radius 2 is 0.373 bits per heavy atom. The van der Waals surface area contributed by atoms with E-state index < -0.39 is 10.8 Å². The molecule has 142 heavy (non-hydrogen) atoms. The lowest BCUT2D eigenvalue weighted by Gasteiger charge is -2.45. The molecule has 0 bridgehead atoms. The molecule has 0 saturated heterocycles. The predicted octanol–water partition coefficient (Wildman–Crippen LogP) is 36.7. The molecule has 0 atom stereocenters. The third-order valence-electron chi connectivity index (χ3n) is 31.5. The number of nitrogens with zero attached hydrogens (tertiary/aromatic N) is 4. The second-order valence-electron chi connectivity index (χ2n) is 39.7. The first kappa shape index (κ1) is 83.7. The number of hydrogen-bond donors (Lipinski definition) is 0. The molecule has 2 heterocycles. The average molecular weight is 1810 g/mol. The van der Waals surface area contributed by atoms with E-state index in [1.807, 2.05) is 0 Å². The van der Waals surface area contributed by atoms with Crippen LogP contribution in [0, 0.1) is 0 Å². The van der Waals surface area contributed by atoms with Crippen LogP contribution in [-0.4, -0.2) is 0 Å². The minimum atomic E-state index is -0.576. The largest absolute Gasteiger partial charge is 0.310 e. The predicted molar refractivity (Wildman–Crippen MR) is 593 cm³/mol. The maximum absolute atomic E-state index is 2.51. The van der Waals surface area contributed by atoms with Crippen LogP contribution in [0.1, 0.15) is 94.5 Å². The summed E-state index contributed by atoms with van der Waals surface area (Å²) in [6.45, 7) is 9.50. The van der Waals surface area contributed by atoms with Gasteiger partial charge >= 0.3 is 0 Å². The van der Waals surface area contributed by atoms with Crippen molar-refractivity contribution in [3.8, 4) is 100 Å². The maximum Gasteiger partial charge on any atom is 0.0755 e. The van der Waals surface area contributed by atoms with Crippen LogP contribution in [0.25, 0.3) is 111 Å². The Balaban J connectivity index is 0.000000142. The van der Waals surface area contributed by atoms with Crippen LogP contribution in [0.2, 0.25) is 0 Å². The van der Waals surface area contributed by atoms with Gasteiger partial charge in [-0.05, 0) is 305 Å². The van der Waals surface area contributed by atoms with Crippen LogP contribution in [-0.2, 0) is 21.7 Å². The Morgan fingerprint density at radius 1 is 0.148 bits per heavy atom. The first-order valence-corrected chi connectivity index (χ1v) is 49.7. The van der Waals surface area contributed by atoms with Gasteiger partial charge in [-0.1, -0.05) is 422 Å². The molecule has 670 valence electrons. The number of fused-ring (bicyclic) bond motifs is 25. The van der Waals surface area contributed by atoms with Gasteiger partial charge in [0.15, 0.2) is 0 Å². The molecule has 0 unspecified atom stereocenters. The van der Waals surface area contributed by atoms with Gasteiger partial charge < -0.3 is 19.6 Å². The van der Waals surface area contributed by atoms with Gasteiger partial charge in [0.05, 0.1) is 33.6 Å². The molecule has 0 aromatic heterocycles. The average Bonchev–Trinajstić information content (AvgIpc) is 1.50. The van der Waals surface area contributed by atoms with E-state index in [9.17, 15) is 0 Å². The van der Waals surface area contributed by atoms with Crippen molar-refractivity contribution in [2.75, 3.05) is 19.6 Å². The lowest BCUT2D eigenvalue weighted by atomic mass is 9.64. The Hall–Kier alpha value is -17.7. The normalized spacial score (nSPS) is 14.0. The van der Waals surface area contributed by atoms with Crippen molar-refractivity contribution in [1.82, 2.24) is 0 Å². The Bertz CT molecular complexity index is 8660. The highest BCUT2D eigenvalue weighted by molar-refractivity contribution is 6.02. The first-order chi connectivity index (χ1) is 69.9. The fourth-order valence-corrected chi connectivity index (χ4v) is 24.9. The van der Waals surface area contributed by atoms with Crippen molar-refractivity contribution in [3.63, 3.8) is 0 Å². The zero-order chi connectivity index (χ0) is 94.5. The minimum Gasteiger partial charge on any atom is -0.310 e. The zero-order valence-electron chi connectivity index (χ0n) is 79.4. The van der Waals surface area contributed by atoms with Gasteiger partial charge in [-0.3, -0.25) is 0 Å². The summed E-state index contributed by atoms with van der Waals surface area (Å²) in [5.41, 5.74) is 50.5. The topological polar surface area (TPSA) is 13.0 Å². The van der Waals surface area contributed by atoms with Crippen molar-refractivity contribution in [3.05, 3.63) is 588 Å². The zero-order valence-corrected chi connectivity index (χ0v) is 79.4. The monoisotopic (exact) mass is 1810 g/mol. The Labute approximate surface area is 830 Å². The molecule has 4 aliphatic carbocycles. The van der Waals surface area contributed by atoms with Crippen molar-refractivity contribution in [2.24, 2.45) is 0 Å². The van der Waals surface area contributed by atoms with Gasteiger partial charge in [0.1, 0.15) is 0 Å². The van der Waals surface area contributed by atoms with Gasteiger partial charge in [-0.15, -0.1) is 0 Å². The fraction of sp³-hybridized carbons (Fsp3) is 0.0580. The minimum absolute atomic E-state index is 0.153. The third kappa shape index (κ3) is 13.0. The van der Waals surface area contributed by atoms with Gasteiger partial charge in [-0.25, -0.2) is 0 Å². The van der Waals surface area contributed by atoms with Crippen molar-refractivity contribution in [2.45, 2.75) is 49.4 Å². The molecule has 0 radical (unpaired) electrons. The van der Waals surface area contributed by atoms with E-state index in [-0.39, 0.29) is 10.8 Å². The second-order valence-corrected chi connectivity index (χ2v) is 39.7. The molecule has 4 nitrogen and oxygen atoms in total. The SMILES string of the molecule is CC1(C)c2ccccc2-c2ccc(N(c3ccc(-c4ccc(-c5ccc(-c6ccccc6)cc5)cc4)cc3)c3ccc4c(c3)C3(c5ccccc5-4)c4ccccc4N(c4ccccc4)c4ccccc43)cc21.CC1(C)c2ccccc2-c2ccc(N(c3ccc(-c4ccc(-c5ccc6ccccc6c5)cc4)cc3)c3ccc4c(c3)C3(c5ccccc5-4)c4ccccc4N(c4ccccc4)c4ccccc43)cc21. The van der Waals surface area contributed by atoms with Gasteiger partial charge in [0.25, 0.3) is 0 Å². The molecule has 0 amide bonds. The van der Waals surface area contributed by atoms with E-state index in [1.54, 1.807) is 0 Å². The van der Waals surface area contributed by atoms with E-state index in [4.69, 9.17) is 0 Å². The number of hydrogen-bond acceptors (Lipinski definition) is 4. The number of anilines is 12. The lowest BCUT2D eigenvalue weighted by Crippen LogP contribution is -2.36. The maximum atomic E-state index is 2.51. The second kappa shape index (κ2) is 33.0. The smallest absolute Gasteiger partial charge is 0.0755 e. The number of rotatable bonds is 13. The Morgan fingerprint density at radius 3 is 0.718 bits per heavy atom. The number of para-hydroxylation sites is 6. The van der Waals surface area contributed by atoms with E-state index in [0.717, 1.165) is 45.5 Å². The van der Waals surface area contributed by atoms with Crippen LogP contribution in [0.15, 0.2) is 522 Å². The number of benzene rings is 22. The highest BCUT2D eigenvalue weighted by atomic mass is 15.2. The summed E-state index contributed by atoms with van der Waals surface area (Å²) in [4.78, 5) is 9.88. The highest BCUT2D eigenvalue weighted by Crippen LogP contribution is 2.67. The molecule has 2 aliphatic heterocycles. The van der Waals surface area contributed by atoms with Crippen LogP contribution >= 0.6 is 0 Å². The summed E-state index contributed by atoms with van der Waals surface area (Å²) in [6.07, 6.45) is 0. The quantitative estimate of drug-likeness (QED) is 0.114. The molecule has 4 heteroatoms. The van der Waals surface area contributed by atoms with E-state index in [0.29, 0.717) is 0 Å². The summed E-state index contributed by atoms with van der Waals surface area (Å²) in [6, 6.07) is 194. The summed E-state index contributed by atoms with van der Waals surface area (Å²) >= 11 is 0. The van der Waals surface area contributed by atoms with Crippen molar-refractivity contribution in [1.29, 1.82) is 0 Å². The van der Waals surface area contributed by atoms with Crippen LogP contribution in [0.3, 0.4) is 0 Å². The van der Waals surface area contributed by atoms with E-state index in [2.05, 4.69) is 569 Å². The molecule has 0 N–H and O–H groups in total. The molecule has 0 saturated carbocycles. The summed E-state index contributed by atoms with van der Waals surface area (Å²) < 4.78 is 0. The molecular formula is C138H98N4. The molecule has 2 spiro atoms. The molecular weight excluding hydrogens is 1710 g/mol. The van der Waals surface area contributed by atoms with Gasteiger partial charge in [0, 0.05) is 56.3 Å². The van der Waals surface area contributed by atoms with E-state index >= 15 is 0 Å². The first-order valence-electron chi connectivity index (χ1n) is 49.7. The van der Waals surface area contributed by atoms with Crippen LogP contribution in [0.5, 0.6) is 0 Å². The summed E-state index contributed by atoms with van der Waals surface area (Å²) in [5.74, 6) is 0. The molecule has 0 fully saturated rings. The van der Waals surface area contributed by atoms with E-state index in [1.165, 1.54) is 200 Å².